The molecule has 1 amide bonds. The zero-order chi connectivity index (χ0) is 17.8. The van der Waals surface area contributed by atoms with Crippen LogP contribution in [-0.4, -0.2) is 57.5 Å². The molecule has 1 saturated heterocycles. The van der Waals surface area contributed by atoms with E-state index in [0.29, 0.717) is 19.4 Å². The van der Waals surface area contributed by atoms with E-state index in [-0.39, 0.29) is 18.4 Å². The Morgan fingerprint density at radius 1 is 1.32 bits per heavy atom. The molecule has 1 aromatic carbocycles. The number of likely N-dealkylation sites (tertiary alicyclic amines) is 1. The molecule has 1 aliphatic heterocycles. The van der Waals surface area contributed by atoms with Gasteiger partial charge in [-0.3, -0.25) is 4.79 Å². The molecule has 0 aliphatic carbocycles. The predicted molar refractivity (Wildman–Crippen MR) is 90.4 cm³/mol. The van der Waals surface area contributed by atoms with Gasteiger partial charge in [0.15, 0.2) is 0 Å². The van der Waals surface area contributed by atoms with Crippen molar-refractivity contribution in [2.45, 2.75) is 31.4 Å². The summed E-state index contributed by atoms with van der Waals surface area (Å²) in [6, 6.07) is 8.92. The van der Waals surface area contributed by atoms with Crippen LogP contribution in [0.5, 0.6) is 0 Å². The van der Waals surface area contributed by atoms with Crippen LogP contribution in [-0.2, 0) is 20.7 Å². The van der Waals surface area contributed by atoms with Gasteiger partial charge in [-0.2, -0.15) is 5.10 Å². The van der Waals surface area contributed by atoms with E-state index < -0.39 is 12.0 Å². The highest BCUT2D eigenvalue weighted by molar-refractivity contribution is 5.84. The summed E-state index contributed by atoms with van der Waals surface area (Å²) in [5.74, 6) is -1.15. The summed E-state index contributed by atoms with van der Waals surface area (Å²) in [6.45, 7) is 0.329. The number of carbonyl (C=O) groups excluding carboxylic acids is 1. The number of ether oxygens (including phenoxy) is 1. The van der Waals surface area contributed by atoms with Crippen LogP contribution < -0.4 is 0 Å². The Morgan fingerprint density at radius 3 is 2.76 bits per heavy atom. The maximum Gasteiger partial charge on any atom is 0.326 e. The minimum Gasteiger partial charge on any atom is -0.480 e. The van der Waals surface area contributed by atoms with Gasteiger partial charge < -0.3 is 14.7 Å². The topological polar surface area (TPSA) is 84.7 Å². The van der Waals surface area contributed by atoms with Crippen molar-refractivity contribution in [1.82, 2.24) is 14.7 Å². The number of amides is 1. The van der Waals surface area contributed by atoms with Crippen LogP contribution in [0.1, 0.15) is 18.4 Å². The number of nitrogens with zero attached hydrogens (tertiary/aromatic N) is 3. The SMILES string of the molecule is COC1CC(C(=O)O)N(C(=O)CCc2cnn(-c3ccccc3)c2)C1. The van der Waals surface area contributed by atoms with Gasteiger partial charge in [-0.25, -0.2) is 9.48 Å². The second kappa shape index (κ2) is 7.48. The number of benzene rings is 1. The van der Waals surface area contributed by atoms with Crippen molar-refractivity contribution in [3.05, 3.63) is 48.3 Å². The number of carboxylic acid groups (broad SMARTS) is 1. The molecular formula is C18H21N3O4. The zero-order valence-corrected chi connectivity index (χ0v) is 14.0. The summed E-state index contributed by atoms with van der Waals surface area (Å²) < 4.78 is 6.98. The van der Waals surface area contributed by atoms with Gasteiger partial charge in [0.1, 0.15) is 6.04 Å². The fourth-order valence-electron chi connectivity index (χ4n) is 3.08. The van der Waals surface area contributed by atoms with E-state index in [2.05, 4.69) is 5.10 Å². The molecule has 132 valence electrons. The third-order valence-electron chi connectivity index (χ3n) is 4.49. The summed E-state index contributed by atoms with van der Waals surface area (Å²) in [6.07, 6.45) is 4.51. The lowest BCUT2D eigenvalue weighted by molar-refractivity contribution is -0.148. The molecule has 0 bridgehead atoms. The standard InChI is InChI=1S/C18H21N3O4/c1-25-15-9-16(18(23)24)20(12-15)17(22)8-7-13-10-19-21(11-13)14-5-3-2-4-6-14/h2-6,10-11,15-16H,7-9,12H2,1H3,(H,23,24). The Balaban J connectivity index is 1.61. The molecule has 7 heteroatoms. The van der Waals surface area contributed by atoms with E-state index >= 15 is 0 Å². The first kappa shape index (κ1) is 17.2. The van der Waals surface area contributed by atoms with Crippen LogP contribution in [0.4, 0.5) is 0 Å². The first-order valence-corrected chi connectivity index (χ1v) is 8.22. The van der Waals surface area contributed by atoms with Crippen LogP contribution in [0.25, 0.3) is 5.69 Å². The Kier molecular flexibility index (Phi) is 5.14. The molecule has 1 fully saturated rings. The van der Waals surface area contributed by atoms with E-state index in [0.717, 1.165) is 11.3 Å². The van der Waals surface area contributed by atoms with Crippen LogP contribution in [0.2, 0.25) is 0 Å². The van der Waals surface area contributed by atoms with Crippen molar-refractivity contribution in [3.8, 4) is 5.69 Å². The van der Waals surface area contributed by atoms with Gasteiger partial charge in [-0.1, -0.05) is 18.2 Å². The van der Waals surface area contributed by atoms with Crippen LogP contribution in [0.15, 0.2) is 42.7 Å². The number of carboxylic acids is 1. The third-order valence-corrected chi connectivity index (χ3v) is 4.49. The normalized spacial score (nSPS) is 20.0. The maximum absolute atomic E-state index is 12.5. The molecule has 25 heavy (non-hydrogen) atoms. The van der Waals surface area contributed by atoms with Crippen molar-refractivity contribution in [2.75, 3.05) is 13.7 Å². The molecule has 2 unspecified atom stereocenters. The summed E-state index contributed by atoms with van der Waals surface area (Å²) in [4.78, 5) is 25.2. The zero-order valence-electron chi connectivity index (χ0n) is 14.0. The fourth-order valence-corrected chi connectivity index (χ4v) is 3.08. The predicted octanol–water partition coefficient (Wildman–Crippen LogP) is 1.51. The number of hydrogen-bond donors (Lipinski definition) is 1. The second-order valence-corrected chi connectivity index (χ2v) is 6.12. The van der Waals surface area contributed by atoms with Crippen LogP contribution in [0, 0.1) is 0 Å². The second-order valence-electron chi connectivity index (χ2n) is 6.12. The lowest BCUT2D eigenvalue weighted by atomic mass is 10.1. The smallest absolute Gasteiger partial charge is 0.326 e. The molecule has 7 nitrogen and oxygen atoms in total. The molecule has 2 aromatic rings. The highest BCUT2D eigenvalue weighted by atomic mass is 16.5. The van der Waals surface area contributed by atoms with Crippen molar-refractivity contribution in [3.63, 3.8) is 0 Å². The Bertz CT molecular complexity index is 744. The van der Waals surface area contributed by atoms with Gasteiger partial charge in [-0.15, -0.1) is 0 Å². The summed E-state index contributed by atoms with van der Waals surface area (Å²) in [7, 11) is 1.54. The average molecular weight is 343 g/mol. The lowest BCUT2D eigenvalue weighted by Gasteiger charge is -2.21. The number of methoxy groups -OCH3 is 1. The van der Waals surface area contributed by atoms with Gasteiger partial charge in [-0.05, 0) is 24.1 Å². The molecule has 1 aromatic heterocycles. The van der Waals surface area contributed by atoms with E-state index in [1.54, 1.807) is 10.9 Å². The number of carbonyl (C=O) groups is 2. The third kappa shape index (κ3) is 3.88. The lowest BCUT2D eigenvalue weighted by Crippen LogP contribution is -2.40. The Morgan fingerprint density at radius 2 is 2.08 bits per heavy atom. The number of para-hydroxylation sites is 1. The van der Waals surface area contributed by atoms with Gasteiger partial charge >= 0.3 is 5.97 Å². The average Bonchev–Trinajstić information content (AvgIpc) is 3.27. The van der Waals surface area contributed by atoms with E-state index in [1.165, 1.54) is 12.0 Å². The van der Waals surface area contributed by atoms with Crippen LogP contribution in [0.3, 0.4) is 0 Å². The van der Waals surface area contributed by atoms with E-state index in [4.69, 9.17) is 4.74 Å². The van der Waals surface area contributed by atoms with Crippen molar-refractivity contribution >= 4 is 11.9 Å². The van der Waals surface area contributed by atoms with E-state index in [9.17, 15) is 14.7 Å². The van der Waals surface area contributed by atoms with Gasteiger partial charge in [0, 0.05) is 32.7 Å². The first-order chi connectivity index (χ1) is 12.1. The molecule has 2 heterocycles. The van der Waals surface area contributed by atoms with Crippen molar-refractivity contribution in [1.29, 1.82) is 0 Å². The molecule has 0 radical (unpaired) electrons. The highest BCUT2D eigenvalue weighted by Crippen LogP contribution is 2.22. The van der Waals surface area contributed by atoms with Gasteiger partial charge in [0.25, 0.3) is 0 Å². The summed E-state index contributed by atoms with van der Waals surface area (Å²) in [5, 5.41) is 13.6. The van der Waals surface area contributed by atoms with Gasteiger partial charge in [0.2, 0.25) is 5.91 Å². The fraction of sp³-hybridized carbons (Fsp3) is 0.389. The Labute approximate surface area is 145 Å². The quantitative estimate of drug-likeness (QED) is 0.859. The Hall–Kier alpha value is -2.67. The molecule has 0 spiro atoms. The minimum absolute atomic E-state index is 0.167. The molecule has 1 N–H and O–H groups in total. The number of aromatic nitrogens is 2. The number of aryl methyl sites for hydroxylation is 1. The van der Waals surface area contributed by atoms with E-state index in [1.807, 2.05) is 36.5 Å². The van der Waals surface area contributed by atoms with Crippen molar-refractivity contribution in [2.24, 2.45) is 0 Å². The summed E-state index contributed by atoms with van der Waals surface area (Å²) >= 11 is 0. The summed E-state index contributed by atoms with van der Waals surface area (Å²) in [5.41, 5.74) is 1.89. The first-order valence-electron chi connectivity index (χ1n) is 8.22. The molecular weight excluding hydrogens is 322 g/mol. The molecule has 0 saturated carbocycles. The number of hydrogen-bond acceptors (Lipinski definition) is 4. The molecule has 1 aliphatic rings. The minimum atomic E-state index is -0.982. The largest absolute Gasteiger partial charge is 0.480 e. The van der Waals surface area contributed by atoms with Gasteiger partial charge in [0.05, 0.1) is 18.0 Å². The monoisotopic (exact) mass is 343 g/mol. The molecule has 3 rings (SSSR count). The molecule has 2 atom stereocenters. The highest BCUT2D eigenvalue weighted by Gasteiger charge is 2.39. The maximum atomic E-state index is 12.5. The number of rotatable bonds is 6. The number of aliphatic carboxylic acids is 1. The van der Waals surface area contributed by atoms with Crippen molar-refractivity contribution < 1.29 is 19.4 Å². The van der Waals surface area contributed by atoms with Crippen LogP contribution >= 0.6 is 0 Å².